The molecule has 10 heteroatoms. The lowest BCUT2D eigenvalue weighted by Crippen LogP contribution is -2.23. The van der Waals surface area contributed by atoms with E-state index in [2.05, 4.69) is 27.8 Å². The molecule has 0 aliphatic carbocycles. The lowest BCUT2D eigenvalue weighted by atomic mass is 10.1. The van der Waals surface area contributed by atoms with Gasteiger partial charge >= 0.3 is 6.18 Å². The van der Waals surface area contributed by atoms with E-state index in [0.717, 1.165) is 30.5 Å². The second-order valence-corrected chi connectivity index (χ2v) is 7.88. The van der Waals surface area contributed by atoms with Gasteiger partial charge in [-0.3, -0.25) is 0 Å². The third kappa shape index (κ3) is 5.06. The van der Waals surface area contributed by atoms with E-state index in [9.17, 15) is 13.2 Å². The van der Waals surface area contributed by atoms with E-state index < -0.39 is 12.7 Å². The van der Waals surface area contributed by atoms with Gasteiger partial charge < -0.3 is 20.9 Å². The number of aromatic nitrogens is 3. The molecule has 0 bridgehead atoms. The fourth-order valence-corrected chi connectivity index (χ4v) is 4.04. The minimum Gasteiger partial charge on any atom is -0.382 e. The zero-order valence-corrected chi connectivity index (χ0v) is 17.2. The Balaban J connectivity index is 2.08. The minimum atomic E-state index is -4.36. The van der Waals surface area contributed by atoms with E-state index in [1.807, 2.05) is 13.1 Å². The summed E-state index contributed by atoms with van der Waals surface area (Å²) in [5, 5.41) is 16.4. The maximum atomic E-state index is 13.3. The molecule has 0 saturated carbocycles. The third-order valence-corrected chi connectivity index (χ3v) is 5.71. The van der Waals surface area contributed by atoms with Crippen LogP contribution in [-0.4, -0.2) is 40.6 Å². The number of nitrogens with zero attached hydrogens (tertiary/aromatic N) is 3. The molecule has 1 atom stereocenters. The number of hydrogen-bond acceptors (Lipinski definition) is 6. The molecule has 0 saturated heterocycles. The highest BCUT2D eigenvalue weighted by molar-refractivity contribution is 7.14. The van der Waals surface area contributed by atoms with Crippen molar-refractivity contribution in [3.8, 4) is 10.7 Å². The second-order valence-electron chi connectivity index (χ2n) is 6.82. The van der Waals surface area contributed by atoms with Gasteiger partial charge in [-0.05, 0) is 44.6 Å². The number of hydrogen-bond donors (Lipinski definition) is 3. The molecule has 0 fully saturated rings. The molecule has 4 N–H and O–H groups in total. The first-order valence-corrected chi connectivity index (χ1v) is 10.3. The molecule has 158 valence electrons. The number of nitrogens with one attached hydrogen (secondary N) is 2. The van der Waals surface area contributed by atoms with Crippen molar-refractivity contribution < 1.29 is 13.2 Å². The molecule has 1 aromatic carbocycles. The summed E-state index contributed by atoms with van der Waals surface area (Å²) >= 11 is 1.21. The van der Waals surface area contributed by atoms with Crippen LogP contribution in [0, 0.1) is 0 Å². The zero-order chi connectivity index (χ0) is 21.0. The molecule has 0 amide bonds. The Morgan fingerprint density at radius 2 is 2.07 bits per heavy atom. The Morgan fingerprint density at radius 3 is 2.69 bits per heavy atom. The Hall–Kier alpha value is -2.17. The Labute approximate surface area is 171 Å². The molecule has 3 rings (SSSR count). The summed E-state index contributed by atoms with van der Waals surface area (Å²) in [6.45, 7) is 2.05. The SMILES string of the molecule is CCC(CCNC)Nc1cccc2c1cc(-c1nnc(CN)s1)n2CC(F)(F)F. The molecule has 3 aromatic rings. The lowest BCUT2D eigenvalue weighted by molar-refractivity contribution is -0.139. The van der Waals surface area contributed by atoms with Crippen molar-refractivity contribution in [2.75, 3.05) is 18.9 Å². The summed E-state index contributed by atoms with van der Waals surface area (Å²) in [5.74, 6) is 0. The molecular weight excluding hydrogens is 401 g/mol. The molecule has 1 unspecified atom stereocenters. The van der Waals surface area contributed by atoms with E-state index in [4.69, 9.17) is 5.73 Å². The lowest BCUT2D eigenvalue weighted by Gasteiger charge is -2.19. The average molecular weight is 427 g/mol. The Kier molecular flexibility index (Phi) is 6.76. The van der Waals surface area contributed by atoms with Crippen LogP contribution in [0.1, 0.15) is 24.8 Å². The summed E-state index contributed by atoms with van der Waals surface area (Å²) in [6, 6.07) is 7.35. The van der Waals surface area contributed by atoms with Crippen LogP contribution in [0.15, 0.2) is 24.3 Å². The Bertz CT molecular complexity index is 949. The van der Waals surface area contributed by atoms with Crippen molar-refractivity contribution in [1.29, 1.82) is 0 Å². The van der Waals surface area contributed by atoms with E-state index in [0.29, 0.717) is 21.2 Å². The number of benzene rings is 1. The number of anilines is 1. The quantitative estimate of drug-likeness (QED) is 0.482. The molecule has 6 nitrogen and oxygen atoms in total. The highest BCUT2D eigenvalue weighted by Gasteiger charge is 2.31. The van der Waals surface area contributed by atoms with Gasteiger partial charge in [-0.1, -0.05) is 24.3 Å². The van der Waals surface area contributed by atoms with E-state index in [-0.39, 0.29) is 12.6 Å². The van der Waals surface area contributed by atoms with Crippen molar-refractivity contribution in [2.24, 2.45) is 5.73 Å². The van der Waals surface area contributed by atoms with E-state index >= 15 is 0 Å². The fraction of sp³-hybridized carbons (Fsp3) is 0.474. The van der Waals surface area contributed by atoms with Crippen LogP contribution in [0.3, 0.4) is 0 Å². The second kappa shape index (κ2) is 9.10. The van der Waals surface area contributed by atoms with Crippen LogP contribution in [0.5, 0.6) is 0 Å². The van der Waals surface area contributed by atoms with Crippen LogP contribution < -0.4 is 16.4 Å². The molecule has 0 aliphatic heterocycles. The largest absolute Gasteiger partial charge is 0.406 e. The predicted octanol–water partition coefficient (Wildman–Crippen LogP) is 3.98. The number of fused-ring (bicyclic) bond motifs is 1. The van der Waals surface area contributed by atoms with Gasteiger partial charge in [0.1, 0.15) is 11.6 Å². The molecule has 0 spiro atoms. The van der Waals surface area contributed by atoms with E-state index in [1.54, 1.807) is 18.2 Å². The van der Waals surface area contributed by atoms with Crippen LogP contribution in [0.4, 0.5) is 18.9 Å². The maximum Gasteiger partial charge on any atom is 0.406 e. The summed E-state index contributed by atoms with van der Waals surface area (Å²) in [5.41, 5.74) is 7.32. The number of nitrogens with two attached hydrogens (primary N) is 1. The smallest absolute Gasteiger partial charge is 0.382 e. The maximum absolute atomic E-state index is 13.3. The number of alkyl halides is 3. The van der Waals surface area contributed by atoms with Crippen LogP contribution in [-0.2, 0) is 13.1 Å². The van der Waals surface area contributed by atoms with Gasteiger partial charge in [0, 0.05) is 23.7 Å². The first kappa shape index (κ1) is 21.5. The minimum absolute atomic E-state index is 0.202. The Morgan fingerprint density at radius 1 is 1.28 bits per heavy atom. The van der Waals surface area contributed by atoms with Gasteiger partial charge in [-0.15, -0.1) is 10.2 Å². The summed E-state index contributed by atoms with van der Waals surface area (Å²) in [7, 11) is 1.90. The molecule has 2 heterocycles. The molecule has 29 heavy (non-hydrogen) atoms. The van der Waals surface area contributed by atoms with Crippen LogP contribution in [0.25, 0.3) is 21.6 Å². The number of halogens is 3. The van der Waals surface area contributed by atoms with Crippen molar-refractivity contribution in [3.63, 3.8) is 0 Å². The standard InChI is InChI=1S/C19H25F3N6S/c1-3-12(7-8-24-2)25-14-5-4-6-15-13(14)9-16(28(15)11-19(20,21)22)18-27-26-17(10-23)29-18/h4-6,9,12,24-25H,3,7-8,10-11,23H2,1-2H3. The van der Waals surface area contributed by atoms with Gasteiger partial charge in [0.25, 0.3) is 0 Å². The summed E-state index contributed by atoms with van der Waals surface area (Å²) in [4.78, 5) is 0. The normalized spacial score (nSPS) is 13.2. The molecule has 0 radical (unpaired) electrons. The number of rotatable bonds is 9. The molecular formula is C19H25F3N6S. The highest BCUT2D eigenvalue weighted by Crippen LogP contribution is 2.36. The van der Waals surface area contributed by atoms with Crippen molar-refractivity contribution >= 4 is 27.9 Å². The van der Waals surface area contributed by atoms with Crippen molar-refractivity contribution in [1.82, 2.24) is 20.1 Å². The van der Waals surface area contributed by atoms with E-state index in [1.165, 1.54) is 15.9 Å². The fourth-order valence-electron chi connectivity index (χ4n) is 3.29. The third-order valence-electron chi connectivity index (χ3n) is 4.74. The van der Waals surface area contributed by atoms with Crippen molar-refractivity contribution in [3.05, 3.63) is 29.3 Å². The first-order chi connectivity index (χ1) is 13.9. The molecule has 0 aliphatic rings. The van der Waals surface area contributed by atoms with Gasteiger partial charge in [-0.2, -0.15) is 13.2 Å². The van der Waals surface area contributed by atoms with Crippen LogP contribution in [0.2, 0.25) is 0 Å². The average Bonchev–Trinajstić information content (AvgIpc) is 3.29. The monoisotopic (exact) mass is 426 g/mol. The first-order valence-electron chi connectivity index (χ1n) is 9.49. The predicted molar refractivity (Wildman–Crippen MR) is 111 cm³/mol. The van der Waals surface area contributed by atoms with Crippen molar-refractivity contribution in [2.45, 2.75) is 45.1 Å². The van der Waals surface area contributed by atoms with Gasteiger partial charge in [-0.25, -0.2) is 0 Å². The summed E-state index contributed by atoms with van der Waals surface area (Å²) in [6.07, 6.45) is -2.54. The van der Waals surface area contributed by atoms with Crippen LogP contribution >= 0.6 is 11.3 Å². The topological polar surface area (TPSA) is 80.8 Å². The summed E-state index contributed by atoms with van der Waals surface area (Å²) < 4.78 is 41.2. The van der Waals surface area contributed by atoms with Gasteiger partial charge in [0.15, 0.2) is 5.01 Å². The zero-order valence-electron chi connectivity index (χ0n) is 16.4. The molecule has 2 aromatic heterocycles. The highest BCUT2D eigenvalue weighted by atomic mass is 32.1. The van der Waals surface area contributed by atoms with Gasteiger partial charge in [0.05, 0.1) is 11.2 Å². The van der Waals surface area contributed by atoms with Gasteiger partial charge in [0.2, 0.25) is 0 Å².